The molecule has 0 spiro atoms. The second-order valence-electron chi connectivity index (χ2n) is 4.76. The lowest BCUT2D eigenvalue weighted by atomic mass is 10.0. The Balaban J connectivity index is 1.84. The number of ether oxygens (including phenoxy) is 1. The minimum Gasteiger partial charge on any atom is -0.478 e. The van der Waals surface area contributed by atoms with Crippen LogP contribution < -0.4 is 5.32 Å². The van der Waals surface area contributed by atoms with Gasteiger partial charge in [-0.1, -0.05) is 18.2 Å². The maximum Gasteiger partial charge on any atom is 0.335 e. The van der Waals surface area contributed by atoms with E-state index in [2.05, 4.69) is 11.9 Å². The van der Waals surface area contributed by atoms with Crippen molar-refractivity contribution in [1.29, 1.82) is 0 Å². The van der Waals surface area contributed by atoms with E-state index in [0.717, 1.165) is 25.1 Å². The molecule has 1 saturated heterocycles. The van der Waals surface area contributed by atoms with Gasteiger partial charge in [-0.05, 0) is 24.1 Å². The van der Waals surface area contributed by atoms with Crippen molar-refractivity contribution < 1.29 is 14.6 Å². The summed E-state index contributed by atoms with van der Waals surface area (Å²) in [4.78, 5) is 10.9. The summed E-state index contributed by atoms with van der Waals surface area (Å²) >= 11 is 0. The lowest BCUT2D eigenvalue weighted by molar-refractivity contribution is 0.0696. The number of carboxylic acids is 1. The Morgan fingerprint density at radius 1 is 1.58 bits per heavy atom. The van der Waals surface area contributed by atoms with Crippen LogP contribution in [0.5, 0.6) is 0 Å². The van der Waals surface area contributed by atoms with Gasteiger partial charge >= 0.3 is 5.97 Å². The van der Waals surface area contributed by atoms with Crippen LogP contribution in [0.3, 0.4) is 0 Å². The molecule has 1 fully saturated rings. The Labute approximate surface area is 113 Å². The highest BCUT2D eigenvalue weighted by molar-refractivity contribution is 5.87. The normalized spacial score (nSPS) is 22.3. The highest BCUT2D eigenvalue weighted by Crippen LogP contribution is 2.20. The van der Waals surface area contributed by atoms with Crippen molar-refractivity contribution in [3.05, 3.63) is 48.0 Å². The maximum atomic E-state index is 10.9. The van der Waals surface area contributed by atoms with Gasteiger partial charge in [0.1, 0.15) is 0 Å². The van der Waals surface area contributed by atoms with E-state index in [9.17, 15) is 4.79 Å². The molecule has 1 aliphatic rings. The molecule has 0 aliphatic carbocycles. The zero-order valence-electron chi connectivity index (χ0n) is 10.8. The molecule has 2 rings (SSSR count). The molecule has 0 aromatic heterocycles. The standard InChI is InChI=1S/C15H19NO3/c1-2-14-13(6-7-19-14)10-16-9-11-4-3-5-12(8-11)15(17)18/h2-5,8,13-14,16H,1,6-7,9-10H2,(H,17,18)/t13-,14-/m0/s1. The molecule has 0 radical (unpaired) electrons. The molecule has 4 nitrogen and oxygen atoms in total. The second-order valence-corrected chi connectivity index (χ2v) is 4.76. The van der Waals surface area contributed by atoms with Gasteiger partial charge < -0.3 is 15.2 Å². The van der Waals surface area contributed by atoms with Gasteiger partial charge in [0.25, 0.3) is 0 Å². The van der Waals surface area contributed by atoms with E-state index >= 15 is 0 Å². The first-order valence-corrected chi connectivity index (χ1v) is 6.48. The topological polar surface area (TPSA) is 58.6 Å². The van der Waals surface area contributed by atoms with E-state index in [4.69, 9.17) is 9.84 Å². The number of benzene rings is 1. The molecule has 0 unspecified atom stereocenters. The summed E-state index contributed by atoms with van der Waals surface area (Å²) < 4.78 is 5.53. The monoisotopic (exact) mass is 261 g/mol. The summed E-state index contributed by atoms with van der Waals surface area (Å²) in [7, 11) is 0. The van der Waals surface area contributed by atoms with Crippen molar-refractivity contribution >= 4 is 5.97 Å². The van der Waals surface area contributed by atoms with Gasteiger partial charge in [-0.2, -0.15) is 0 Å². The average Bonchev–Trinajstić information content (AvgIpc) is 2.86. The van der Waals surface area contributed by atoms with Crippen molar-refractivity contribution in [3.8, 4) is 0 Å². The van der Waals surface area contributed by atoms with E-state index in [1.165, 1.54) is 0 Å². The Morgan fingerprint density at radius 3 is 3.16 bits per heavy atom. The van der Waals surface area contributed by atoms with Crippen LogP contribution in [0.2, 0.25) is 0 Å². The Hall–Kier alpha value is -1.65. The van der Waals surface area contributed by atoms with Crippen LogP contribution in [0.25, 0.3) is 0 Å². The molecule has 4 heteroatoms. The van der Waals surface area contributed by atoms with Gasteiger partial charge in [-0.3, -0.25) is 0 Å². The van der Waals surface area contributed by atoms with Crippen LogP contribution in [0.4, 0.5) is 0 Å². The van der Waals surface area contributed by atoms with Crippen molar-refractivity contribution in [2.24, 2.45) is 5.92 Å². The number of aromatic carboxylic acids is 1. The fraction of sp³-hybridized carbons (Fsp3) is 0.400. The predicted molar refractivity (Wildman–Crippen MR) is 73.2 cm³/mol. The fourth-order valence-electron chi connectivity index (χ4n) is 2.35. The molecule has 1 aromatic rings. The lowest BCUT2D eigenvalue weighted by Gasteiger charge is -2.15. The van der Waals surface area contributed by atoms with Crippen LogP contribution in [-0.2, 0) is 11.3 Å². The lowest BCUT2D eigenvalue weighted by Crippen LogP contribution is -2.27. The van der Waals surface area contributed by atoms with E-state index in [0.29, 0.717) is 18.0 Å². The molecule has 0 amide bonds. The first kappa shape index (κ1) is 13.8. The molecular weight excluding hydrogens is 242 g/mol. The number of hydrogen-bond acceptors (Lipinski definition) is 3. The molecule has 1 heterocycles. The summed E-state index contributed by atoms with van der Waals surface area (Å²) in [5.74, 6) is -0.432. The summed E-state index contributed by atoms with van der Waals surface area (Å²) in [5, 5.41) is 12.3. The van der Waals surface area contributed by atoms with Gasteiger partial charge in [-0.25, -0.2) is 4.79 Å². The van der Waals surface area contributed by atoms with Gasteiger partial charge in [0.15, 0.2) is 0 Å². The summed E-state index contributed by atoms with van der Waals surface area (Å²) in [6.45, 7) is 6.08. The number of carboxylic acid groups (broad SMARTS) is 1. The SMILES string of the molecule is C=C[C@@H]1OCC[C@H]1CNCc1cccc(C(=O)O)c1. The largest absolute Gasteiger partial charge is 0.478 e. The smallest absolute Gasteiger partial charge is 0.335 e. The van der Waals surface area contributed by atoms with Gasteiger partial charge in [0.05, 0.1) is 11.7 Å². The summed E-state index contributed by atoms with van der Waals surface area (Å²) in [6, 6.07) is 7.00. The molecule has 0 saturated carbocycles. The zero-order valence-corrected chi connectivity index (χ0v) is 10.8. The minimum atomic E-state index is -0.891. The van der Waals surface area contributed by atoms with Crippen LogP contribution in [-0.4, -0.2) is 30.3 Å². The minimum absolute atomic E-state index is 0.137. The van der Waals surface area contributed by atoms with E-state index in [1.54, 1.807) is 18.2 Å². The van der Waals surface area contributed by atoms with Crippen molar-refractivity contribution in [1.82, 2.24) is 5.32 Å². The van der Waals surface area contributed by atoms with Crippen LogP contribution in [0, 0.1) is 5.92 Å². The number of carbonyl (C=O) groups is 1. The predicted octanol–water partition coefficient (Wildman–Crippen LogP) is 2.07. The maximum absolute atomic E-state index is 10.9. The molecule has 19 heavy (non-hydrogen) atoms. The highest BCUT2D eigenvalue weighted by Gasteiger charge is 2.24. The van der Waals surface area contributed by atoms with Crippen LogP contribution >= 0.6 is 0 Å². The Kier molecular flexibility index (Phi) is 4.71. The first-order valence-electron chi connectivity index (χ1n) is 6.48. The average molecular weight is 261 g/mol. The van der Waals surface area contributed by atoms with Crippen molar-refractivity contribution in [2.45, 2.75) is 19.1 Å². The Morgan fingerprint density at radius 2 is 2.42 bits per heavy atom. The van der Waals surface area contributed by atoms with Gasteiger partial charge in [-0.15, -0.1) is 6.58 Å². The quantitative estimate of drug-likeness (QED) is 0.770. The number of nitrogens with one attached hydrogen (secondary N) is 1. The molecule has 1 aromatic carbocycles. The van der Waals surface area contributed by atoms with E-state index in [1.807, 2.05) is 12.1 Å². The molecule has 102 valence electrons. The van der Waals surface area contributed by atoms with E-state index < -0.39 is 5.97 Å². The second kappa shape index (κ2) is 6.50. The summed E-state index contributed by atoms with van der Waals surface area (Å²) in [5.41, 5.74) is 1.31. The van der Waals surface area contributed by atoms with E-state index in [-0.39, 0.29) is 6.10 Å². The third-order valence-electron chi connectivity index (χ3n) is 3.41. The molecule has 2 N–H and O–H groups in total. The van der Waals surface area contributed by atoms with Gasteiger partial charge in [0, 0.05) is 25.6 Å². The van der Waals surface area contributed by atoms with Crippen LogP contribution in [0.1, 0.15) is 22.3 Å². The third kappa shape index (κ3) is 3.66. The van der Waals surface area contributed by atoms with Crippen molar-refractivity contribution in [2.75, 3.05) is 13.2 Å². The van der Waals surface area contributed by atoms with Gasteiger partial charge in [0.2, 0.25) is 0 Å². The molecule has 2 atom stereocenters. The highest BCUT2D eigenvalue weighted by atomic mass is 16.5. The van der Waals surface area contributed by atoms with Crippen molar-refractivity contribution in [3.63, 3.8) is 0 Å². The summed E-state index contributed by atoms with van der Waals surface area (Å²) in [6.07, 6.45) is 3.03. The number of rotatable bonds is 6. The third-order valence-corrected chi connectivity index (χ3v) is 3.41. The Bertz CT molecular complexity index is 458. The first-order chi connectivity index (χ1) is 9.20. The molecular formula is C15H19NO3. The zero-order chi connectivity index (χ0) is 13.7. The number of hydrogen-bond donors (Lipinski definition) is 2. The fourth-order valence-corrected chi connectivity index (χ4v) is 2.35. The van der Waals surface area contributed by atoms with Crippen LogP contribution in [0.15, 0.2) is 36.9 Å². The molecule has 0 bridgehead atoms. The molecule has 1 aliphatic heterocycles.